The van der Waals surface area contributed by atoms with Gasteiger partial charge in [-0.15, -0.1) is 0 Å². The van der Waals surface area contributed by atoms with Crippen LogP contribution in [0.3, 0.4) is 0 Å². The van der Waals surface area contributed by atoms with E-state index in [1.54, 1.807) is 12.1 Å². The first kappa shape index (κ1) is 8.26. The number of amides is 2. The maximum absolute atomic E-state index is 10.6. The molecule has 0 unspecified atom stereocenters. The molecule has 0 spiro atoms. The van der Waals surface area contributed by atoms with Gasteiger partial charge < -0.3 is 0 Å². The van der Waals surface area contributed by atoms with Gasteiger partial charge in [-0.1, -0.05) is 12.1 Å². The molecule has 0 atom stereocenters. The Labute approximate surface area is 69.2 Å². The third-order valence-electron chi connectivity index (χ3n) is 1.42. The van der Waals surface area contributed by atoms with E-state index in [1.807, 2.05) is 0 Å². The molecule has 2 amide bonds. The van der Waals surface area contributed by atoms with Crippen LogP contribution in [0, 0.1) is 0 Å². The first-order valence-corrected chi connectivity index (χ1v) is 3.24. The van der Waals surface area contributed by atoms with Crippen molar-refractivity contribution in [3.05, 3.63) is 35.4 Å². The lowest BCUT2D eigenvalue weighted by Crippen LogP contribution is -2.09. The molecule has 1 aromatic carbocycles. The van der Waals surface area contributed by atoms with E-state index in [0.29, 0.717) is 0 Å². The van der Waals surface area contributed by atoms with E-state index in [1.165, 1.54) is 12.1 Å². The van der Waals surface area contributed by atoms with Crippen LogP contribution in [0.1, 0.15) is 20.7 Å². The van der Waals surface area contributed by atoms with Crippen LogP contribution in [-0.2, 0) is 0 Å². The quantitative estimate of drug-likeness (QED) is 0.635. The van der Waals surface area contributed by atoms with Crippen LogP contribution in [0.2, 0.25) is 0 Å². The molecule has 0 heterocycles. The smallest absolute Gasteiger partial charge is 0.267 e. The molecule has 1 aromatic rings. The number of nitrogens with one attached hydrogen (secondary N) is 2. The molecule has 4 nitrogen and oxygen atoms in total. The highest BCUT2D eigenvalue weighted by molar-refractivity contribution is 6.05. The fourth-order valence-corrected chi connectivity index (χ4v) is 0.879. The van der Waals surface area contributed by atoms with Gasteiger partial charge in [0.15, 0.2) is 0 Å². The van der Waals surface area contributed by atoms with Crippen molar-refractivity contribution in [2.75, 3.05) is 0 Å². The van der Waals surface area contributed by atoms with Gasteiger partial charge in [-0.25, -0.2) is 0 Å². The molecule has 0 saturated heterocycles. The minimum Gasteiger partial charge on any atom is -0.267 e. The van der Waals surface area contributed by atoms with E-state index in [4.69, 9.17) is 11.5 Å². The second-order valence-electron chi connectivity index (χ2n) is 2.20. The van der Waals surface area contributed by atoms with Gasteiger partial charge in [-0.2, -0.15) is 0 Å². The van der Waals surface area contributed by atoms with Gasteiger partial charge in [0.2, 0.25) is 0 Å². The summed E-state index contributed by atoms with van der Waals surface area (Å²) in [6.45, 7) is 0. The molecule has 2 N–H and O–H groups in total. The summed E-state index contributed by atoms with van der Waals surface area (Å²) in [5.74, 6) is -1.88. The molecule has 0 saturated carbocycles. The molecule has 0 aliphatic rings. The molecule has 4 heteroatoms. The van der Waals surface area contributed by atoms with Gasteiger partial charge in [0.05, 0.1) is 11.1 Å². The lowest BCUT2D eigenvalue weighted by molar-refractivity contribution is 0.0958. The first-order valence-electron chi connectivity index (χ1n) is 3.24. The first-order chi connectivity index (χ1) is 5.63. The SMILES string of the molecule is [NH]C(=O)c1ccccc1C([NH])=O. The Morgan fingerprint density at radius 2 is 1.25 bits per heavy atom. The molecule has 0 bridgehead atoms. The molecular formula is C8H6N2O2. The monoisotopic (exact) mass is 162 g/mol. The molecular weight excluding hydrogens is 156 g/mol. The van der Waals surface area contributed by atoms with Crippen molar-refractivity contribution >= 4 is 11.8 Å². The number of hydrogen-bond donors (Lipinski definition) is 0. The van der Waals surface area contributed by atoms with E-state index >= 15 is 0 Å². The van der Waals surface area contributed by atoms with E-state index in [9.17, 15) is 9.59 Å². The molecule has 0 aliphatic heterocycles. The summed E-state index contributed by atoms with van der Waals surface area (Å²) in [4.78, 5) is 21.2. The molecule has 0 fully saturated rings. The average Bonchev–Trinajstić information content (AvgIpc) is 2.04. The van der Waals surface area contributed by atoms with Crippen molar-refractivity contribution in [3.8, 4) is 0 Å². The molecule has 0 aromatic heterocycles. The summed E-state index contributed by atoms with van der Waals surface area (Å²) in [5, 5.41) is 0. The van der Waals surface area contributed by atoms with Crippen LogP contribution < -0.4 is 11.5 Å². The van der Waals surface area contributed by atoms with Crippen molar-refractivity contribution < 1.29 is 9.59 Å². The number of hydrogen-bond acceptors (Lipinski definition) is 2. The van der Waals surface area contributed by atoms with Crippen LogP contribution in [-0.4, -0.2) is 11.8 Å². The second kappa shape index (κ2) is 3.04. The van der Waals surface area contributed by atoms with Crippen LogP contribution in [0.5, 0.6) is 0 Å². The highest BCUT2D eigenvalue weighted by Gasteiger charge is 2.11. The summed E-state index contributed by atoms with van der Waals surface area (Å²) in [5.41, 5.74) is 13.5. The van der Waals surface area contributed by atoms with Gasteiger partial charge in [-0.3, -0.25) is 21.1 Å². The lowest BCUT2D eigenvalue weighted by atomic mass is 10.1. The minimum absolute atomic E-state index is 0.0162. The topological polar surface area (TPSA) is 81.7 Å². The largest absolute Gasteiger partial charge is 0.270 e. The molecule has 2 radical (unpaired) electrons. The molecule has 12 heavy (non-hydrogen) atoms. The Morgan fingerprint density at radius 1 is 0.917 bits per heavy atom. The summed E-state index contributed by atoms with van der Waals surface area (Å²) >= 11 is 0. The van der Waals surface area contributed by atoms with Crippen LogP contribution in [0.25, 0.3) is 0 Å². The lowest BCUT2D eigenvalue weighted by Gasteiger charge is -1.98. The zero-order valence-corrected chi connectivity index (χ0v) is 6.13. The van der Waals surface area contributed by atoms with Crippen molar-refractivity contribution in [2.24, 2.45) is 0 Å². The third kappa shape index (κ3) is 1.42. The normalized spacial score (nSPS) is 9.33. The third-order valence-corrected chi connectivity index (χ3v) is 1.42. The van der Waals surface area contributed by atoms with E-state index in [2.05, 4.69) is 0 Å². The van der Waals surface area contributed by atoms with E-state index in [-0.39, 0.29) is 11.1 Å². The molecule has 60 valence electrons. The predicted octanol–water partition coefficient (Wildman–Crippen LogP) is 0.533. The van der Waals surface area contributed by atoms with Crippen molar-refractivity contribution in [1.29, 1.82) is 0 Å². The maximum Gasteiger partial charge on any atom is 0.270 e. The van der Waals surface area contributed by atoms with Crippen molar-refractivity contribution in [2.45, 2.75) is 0 Å². The number of rotatable bonds is 2. The fraction of sp³-hybridized carbons (Fsp3) is 0. The minimum atomic E-state index is -0.939. The van der Waals surface area contributed by atoms with Gasteiger partial charge in [-0.05, 0) is 12.1 Å². The molecule has 0 aliphatic carbocycles. The van der Waals surface area contributed by atoms with Crippen LogP contribution in [0.15, 0.2) is 24.3 Å². The second-order valence-corrected chi connectivity index (χ2v) is 2.20. The van der Waals surface area contributed by atoms with Crippen LogP contribution >= 0.6 is 0 Å². The van der Waals surface area contributed by atoms with Crippen LogP contribution in [0.4, 0.5) is 0 Å². The Morgan fingerprint density at radius 3 is 1.50 bits per heavy atom. The standard InChI is InChI=1S/C8H6N2O2/c9-7(11)5-3-1-2-4-6(5)8(10)12/h1-4,9-10H. The highest BCUT2D eigenvalue weighted by atomic mass is 16.2. The summed E-state index contributed by atoms with van der Waals surface area (Å²) in [7, 11) is 0. The van der Waals surface area contributed by atoms with E-state index < -0.39 is 11.8 Å². The van der Waals surface area contributed by atoms with E-state index in [0.717, 1.165) is 0 Å². The molecule has 1 rings (SSSR count). The Bertz CT molecular complexity index is 301. The number of benzene rings is 1. The zero-order valence-electron chi connectivity index (χ0n) is 6.13. The maximum atomic E-state index is 10.6. The number of carbonyl (C=O) groups is 2. The van der Waals surface area contributed by atoms with Gasteiger partial charge in [0.1, 0.15) is 0 Å². The fourth-order valence-electron chi connectivity index (χ4n) is 0.879. The predicted molar refractivity (Wildman–Crippen MR) is 41.3 cm³/mol. The Balaban J connectivity index is 3.27. The van der Waals surface area contributed by atoms with Gasteiger partial charge >= 0.3 is 0 Å². The number of carbonyl (C=O) groups excluding carboxylic acids is 2. The Kier molecular flexibility index (Phi) is 2.09. The summed E-state index contributed by atoms with van der Waals surface area (Å²) < 4.78 is 0. The highest BCUT2D eigenvalue weighted by Crippen LogP contribution is 2.07. The Hall–Kier alpha value is -1.84. The van der Waals surface area contributed by atoms with Crippen molar-refractivity contribution in [3.63, 3.8) is 0 Å². The zero-order chi connectivity index (χ0) is 9.14. The van der Waals surface area contributed by atoms with Gasteiger partial charge in [0, 0.05) is 0 Å². The summed E-state index contributed by atoms with van der Waals surface area (Å²) in [6, 6.07) is 5.82. The average molecular weight is 162 g/mol. The summed E-state index contributed by atoms with van der Waals surface area (Å²) in [6.07, 6.45) is 0. The van der Waals surface area contributed by atoms with Gasteiger partial charge in [0.25, 0.3) is 11.8 Å². The van der Waals surface area contributed by atoms with Crippen molar-refractivity contribution in [1.82, 2.24) is 11.5 Å².